The molecule has 3 rings (SSSR count). The first-order valence-electron chi connectivity index (χ1n) is 5.48. The molecule has 0 aliphatic carbocycles. The van der Waals surface area contributed by atoms with Crippen LogP contribution in [-0.2, 0) is 4.74 Å². The van der Waals surface area contributed by atoms with E-state index in [1.54, 1.807) is 10.8 Å². The minimum absolute atomic E-state index is 0.0400. The highest BCUT2D eigenvalue weighted by Gasteiger charge is 2.17. The van der Waals surface area contributed by atoms with Crippen molar-refractivity contribution in [2.24, 2.45) is 0 Å². The van der Waals surface area contributed by atoms with E-state index in [0.717, 1.165) is 31.6 Å². The summed E-state index contributed by atoms with van der Waals surface area (Å²) in [5, 5.41) is 7.35. The average Bonchev–Trinajstić information content (AvgIpc) is 2.80. The molecule has 2 aromatic heterocycles. The quantitative estimate of drug-likeness (QED) is 0.780. The van der Waals surface area contributed by atoms with Gasteiger partial charge < -0.3 is 9.30 Å². The van der Waals surface area contributed by atoms with E-state index < -0.39 is 0 Å². The highest BCUT2D eigenvalue weighted by molar-refractivity contribution is 5.76. The normalized spacial score (nSPS) is 18.0. The molecule has 0 aromatic carbocycles. The Morgan fingerprint density at radius 1 is 1.44 bits per heavy atom. The van der Waals surface area contributed by atoms with Crippen LogP contribution in [0.25, 0.3) is 10.9 Å². The molecule has 1 N–H and O–H groups in total. The number of fused-ring (bicyclic) bond motifs is 1. The van der Waals surface area contributed by atoms with Crippen molar-refractivity contribution >= 4 is 10.9 Å². The second-order valence-corrected chi connectivity index (χ2v) is 4.07. The van der Waals surface area contributed by atoms with E-state index in [1.807, 2.05) is 12.3 Å². The van der Waals surface area contributed by atoms with Gasteiger partial charge in [-0.15, -0.1) is 0 Å². The van der Waals surface area contributed by atoms with Gasteiger partial charge in [0.05, 0.1) is 17.1 Å². The highest BCUT2D eigenvalue weighted by Crippen LogP contribution is 2.19. The molecular formula is C11H13N3O2. The monoisotopic (exact) mass is 219 g/mol. The molecule has 2 aromatic rings. The van der Waals surface area contributed by atoms with Crippen LogP contribution in [0.1, 0.15) is 18.9 Å². The maximum Gasteiger partial charge on any atom is 0.261 e. The Balaban J connectivity index is 2.09. The molecule has 0 radical (unpaired) electrons. The zero-order chi connectivity index (χ0) is 11.0. The molecule has 5 heteroatoms. The van der Waals surface area contributed by atoms with E-state index in [9.17, 15) is 4.79 Å². The lowest BCUT2D eigenvalue weighted by Crippen LogP contribution is -2.28. The van der Waals surface area contributed by atoms with Gasteiger partial charge in [0.15, 0.2) is 0 Å². The molecule has 3 heterocycles. The number of rotatable bonds is 1. The standard InChI is InChI=1S/C11H13N3O2/c15-11-9-7-12-13-10(9)1-4-14(11)8-2-5-16-6-3-8/h1,4,7-8H,2-3,5-6H2,(H,12,13). The third kappa shape index (κ3) is 1.44. The minimum Gasteiger partial charge on any atom is -0.381 e. The van der Waals surface area contributed by atoms with Crippen LogP contribution in [-0.4, -0.2) is 28.0 Å². The molecule has 0 saturated carbocycles. The Hall–Kier alpha value is -1.62. The number of hydrogen-bond donors (Lipinski definition) is 1. The van der Waals surface area contributed by atoms with Gasteiger partial charge in [-0.2, -0.15) is 5.10 Å². The van der Waals surface area contributed by atoms with Gasteiger partial charge in [-0.1, -0.05) is 0 Å². The molecule has 0 atom stereocenters. The smallest absolute Gasteiger partial charge is 0.261 e. The van der Waals surface area contributed by atoms with Crippen LogP contribution in [0, 0.1) is 0 Å². The maximum absolute atomic E-state index is 12.2. The Morgan fingerprint density at radius 3 is 3.06 bits per heavy atom. The SMILES string of the molecule is O=c1c2cn[nH]c2ccn1C1CCOCC1. The lowest BCUT2D eigenvalue weighted by molar-refractivity contribution is 0.0688. The first-order valence-corrected chi connectivity index (χ1v) is 5.48. The van der Waals surface area contributed by atoms with E-state index in [2.05, 4.69) is 10.2 Å². The number of ether oxygens (including phenoxy) is 1. The van der Waals surface area contributed by atoms with Crippen molar-refractivity contribution in [3.63, 3.8) is 0 Å². The van der Waals surface area contributed by atoms with Crippen molar-refractivity contribution in [1.82, 2.24) is 14.8 Å². The fraction of sp³-hybridized carbons (Fsp3) is 0.455. The summed E-state index contributed by atoms with van der Waals surface area (Å²) in [4.78, 5) is 12.2. The van der Waals surface area contributed by atoms with Crippen molar-refractivity contribution in [3.05, 3.63) is 28.8 Å². The molecule has 0 unspecified atom stereocenters. The zero-order valence-corrected chi connectivity index (χ0v) is 8.85. The van der Waals surface area contributed by atoms with E-state index >= 15 is 0 Å². The van der Waals surface area contributed by atoms with Crippen molar-refractivity contribution in [2.45, 2.75) is 18.9 Å². The molecule has 16 heavy (non-hydrogen) atoms. The van der Waals surface area contributed by atoms with Gasteiger partial charge >= 0.3 is 0 Å². The van der Waals surface area contributed by atoms with Crippen molar-refractivity contribution in [2.75, 3.05) is 13.2 Å². The van der Waals surface area contributed by atoms with E-state index in [-0.39, 0.29) is 11.6 Å². The minimum atomic E-state index is 0.0400. The molecule has 1 fully saturated rings. The van der Waals surface area contributed by atoms with Crippen LogP contribution in [0.4, 0.5) is 0 Å². The van der Waals surface area contributed by atoms with Gasteiger partial charge in [-0.05, 0) is 18.9 Å². The van der Waals surface area contributed by atoms with Gasteiger partial charge in [0, 0.05) is 25.5 Å². The highest BCUT2D eigenvalue weighted by atomic mass is 16.5. The Kier molecular flexibility index (Phi) is 2.25. The first-order chi connectivity index (χ1) is 7.86. The van der Waals surface area contributed by atoms with Gasteiger partial charge in [-0.3, -0.25) is 9.89 Å². The van der Waals surface area contributed by atoms with E-state index in [0.29, 0.717) is 5.39 Å². The predicted molar refractivity (Wildman–Crippen MR) is 59.4 cm³/mol. The molecular weight excluding hydrogens is 206 g/mol. The summed E-state index contributed by atoms with van der Waals surface area (Å²) in [7, 11) is 0. The summed E-state index contributed by atoms with van der Waals surface area (Å²) in [6.07, 6.45) is 5.25. The van der Waals surface area contributed by atoms with Crippen LogP contribution in [0.15, 0.2) is 23.3 Å². The number of nitrogens with one attached hydrogen (secondary N) is 1. The number of aromatic amines is 1. The van der Waals surface area contributed by atoms with Crippen molar-refractivity contribution < 1.29 is 4.74 Å². The molecule has 0 amide bonds. The zero-order valence-electron chi connectivity index (χ0n) is 8.85. The molecule has 1 aliphatic heterocycles. The van der Waals surface area contributed by atoms with Gasteiger partial charge in [-0.25, -0.2) is 0 Å². The van der Waals surface area contributed by atoms with Gasteiger partial charge in [0.1, 0.15) is 0 Å². The van der Waals surface area contributed by atoms with Gasteiger partial charge in [0.25, 0.3) is 5.56 Å². The summed E-state index contributed by atoms with van der Waals surface area (Å²) in [5.41, 5.74) is 0.839. The average molecular weight is 219 g/mol. The van der Waals surface area contributed by atoms with Crippen LogP contribution in [0.5, 0.6) is 0 Å². The summed E-state index contributed by atoms with van der Waals surface area (Å²) >= 11 is 0. The number of nitrogens with zero attached hydrogens (tertiary/aromatic N) is 2. The van der Waals surface area contributed by atoms with Crippen molar-refractivity contribution in [1.29, 1.82) is 0 Å². The molecule has 84 valence electrons. The molecule has 1 aliphatic rings. The first kappa shape index (κ1) is 9.59. The fourth-order valence-corrected chi connectivity index (χ4v) is 2.21. The number of hydrogen-bond acceptors (Lipinski definition) is 3. The fourth-order valence-electron chi connectivity index (χ4n) is 2.21. The predicted octanol–water partition coefficient (Wildman–Crippen LogP) is 1.08. The van der Waals surface area contributed by atoms with Crippen LogP contribution in [0.2, 0.25) is 0 Å². The topological polar surface area (TPSA) is 59.9 Å². The Morgan fingerprint density at radius 2 is 2.25 bits per heavy atom. The number of H-pyrrole nitrogens is 1. The molecule has 0 bridgehead atoms. The summed E-state index contributed by atoms with van der Waals surface area (Å²) in [6.45, 7) is 1.47. The lowest BCUT2D eigenvalue weighted by atomic mass is 10.1. The summed E-state index contributed by atoms with van der Waals surface area (Å²) in [5.74, 6) is 0. The third-order valence-electron chi connectivity index (χ3n) is 3.12. The van der Waals surface area contributed by atoms with Crippen LogP contribution < -0.4 is 5.56 Å². The largest absolute Gasteiger partial charge is 0.381 e. The lowest BCUT2D eigenvalue weighted by Gasteiger charge is -2.24. The Bertz CT molecular complexity index is 552. The maximum atomic E-state index is 12.2. The van der Waals surface area contributed by atoms with Crippen molar-refractivity contribution in [3.8, 4) is 0 Å². The van der Waals surface area contributed by atoms with Gasteiger partial charge in [0.2, 0.25) is 0 Å². The number of pyridine rings is 1. The van der Waals surface area contributed by atoms with E-state index in [1.165, 1.54) is 0 Å². The molecule has 0 spiro atoms. The molecule has 1 saturated heterocycles. The second-order valence-electron chi connectivity index (χ2n) is 4.07. The van der Waals surface area contributed by atoms with E-state index in [4.69, 9.17) is 4.74 Å². The number of aromatic nitrogens is 3. The third-order valence-corrected chi connectivity index (χ3v) is 3.12. The molecule has 5 nitrogen and oxygen atoms in total. The second kappa shape index (κ2) is 3.75. The van der Waals surface area contributed by atoms with Crippen LogP contribution in [0.3, 0.4) is 0 Å². The summed E-state index contributed by atoms with van der Waals surface area (Å²) in [6, 6.07) is 2.17. The van der Waals surface area contributed by atoms with Crippen LogP contribution >= 0.6 is 0 Å². The summed E-state index contributed by atoms with van der Waals surface area (Å²) < 4.78 is 7.11. The Labute approximate surface area is 92.0 Å².